The lowest BCUT2D eigenvalue weighted by molar-refractivity contribution is 0.661. The van der Waals surface area contributed by atoms with Gasteiger partial charge in [-0.25, -0.2) is 0 Å². The molecule has 13 rings (SSSR count). The largest absolute Gasteiger partial charge is 0.310 e. The average Bonchev–Trinajstić information content (AvgIpc) is 3.91. The first-order valence-corrected chi connectivity index (χ1v) is 22.4. The third kappa shape index (κ3) is 4.97. The fourth-order valence-corrected chi connectivity index (χ4v) is 11.9. The van der Waals surface area contributed by atoms with Gasteiger partial charge in [0.2, 0.25) is 0 Å². The van der Waals surface area contributed by atoms with E-state index in [2.05, 4.69) is 254 Å². The number of nitrogens with zero attached hydrogens (tertiary/aromatic N) is 2. The summed E-state index contributed by atoms with van der Waals surface area (Å²) in [6.07, 6.45) is 0. The maximum absolute atomic E-state index is 2.60. The van der Waals surface area contributed by atoms with Gasteiger partial charge < -0.3 is 9.80 Å². The van der Waals surface area contributed by atoms with Crippen molar-refractivity contribution in [3.63, 3.8) is 0 Å². The van der Waals surface area contributed by atoms with Gasteiger partial charge in [-0.15, -0.1) is 0 Å². The summed E-state index contributed by atoms with van der Waals surface area (Å²) in [6, 6.07) is 85.7. The minimum Gasteiger partial charge on any atom is -0.310 e. The second-order valence-electron chi connectivity index (χ2n) is 18.0. The summed E-state index contributed by atoms with van der Waals surface area (Å²) >= 11 is 0. The van der Waals surface area contributed by atoms with Crippen LogP contribution in [0.5, 0.6) is 0 Å². The van der Waals surface area contributed by atoms with Crippen LogP contribution in [-0.4, -0.2) is 0 Å². The standard InChI is InChI=1S/C62H44N2/c1-61(2)52-33-17-14-29-47(52)49-32-20-36-57(59(49)61)64(44-26-10-5-11-27-44)60-46-28-13-12-21-41(46)39-56-58(60)50-31-16-19-35-54(50)62(56)53-34-18-15-30-48(53)51-40-45(37-38-55(51)62)63(42-22-6-3-7-23-42)43-24-8-4-9-25-43/h3-40H,1-2H3. The molecule has 0 bridgehead atoms. The van der Waals surface area contributed by atoms with Gasteiger partial charge >= 0.3 is 0 Å². The normalized spacial score (nSPS) is 15.5. The molecule has 1 spiro atoms. The fraction of sp³-hybridized carbons (Fsp3) is 0.0645. The molecular formula is C62H44N2. The van der Waals surface area contributed by atoms with Gasteiger partial charge in [-0.1, -0.05) is 184 Å². The third-order valence-electron chi connectivity index (χ3n) is 14.4. The molecule has 0 fully saturated rings. The second kappa shape index (κ2) is 13.8. The molecular weight excluding hydrogens is 773 g/mol. The number of rotatable bonds is 6. The van der Waals surface area contributed by atoms with Crippen LogP contribution in [0.2, 0.25) is 0 Å². The molecule has 0 radical (unpaired) electrons. The van der Waals surface area contributed by atoms with E-state index in [0.717, 1.165) is 22.7 Å². The van der Waals surface area contributed by atoms with E-state index in [0.29, 0.717) is 0 Å². The van der Waals surface area contributed by atoms with Crippen molar-refractivity contribution in [2.75, 3.05) is 9.80 Å². The molecule has 0 saturated heterocycles. The predicted octanol–water partition coefficient (Wildman–Crippen LogP) is 16.4. The van der Waals surface area contributed by atoms with Crippen LogP contribution in [0.25, 0.3) is 44.2 Å². The monoisotopic (exact) mass is 816 g/mol. The highest BCUT2D eigenvalue weighted by Crippen LogP contribution is 2.67. The molecule has 64 heavy (non-hydrogen) atoms. The summed E-state index contributed by atoms with van der Waals surface area (Å²) < 4.78 is 0. The van der Waals surface area contributed by atoms with Crippen LogP contribution in [0, 0.1) is 0 Å². The van der Waals surface area contributed by atoms with Crippen molar-refractivity contribution in [2.24, 2.45) is 0 Å². The van der Waals surface area contributed by atoms with Crippen LogP contribution in [0.4, 0.5) is 34.1 Å². The quantitative estimate of drug-likeness (QED) is 0.165. The number of para-hydroxylation sites is 3. The highest BCUT2D eigenvalue weighted by Gasteiger charge is 2.53. The first-order valence-electron chi connectivity index (χ1n) is 22.4. The molecule has 0 N–H and O–H groups in total. The Morgan fingerprint density at radius 3 is 1.50 bits per heavy atom. The van der Waals surface area contributed by atoms with Gasteiger partial charge in [0.05, 0.1) is 16.8 Å². The second-order valence-corrected chi connectivity index (χ2v) is 18.0. The molecule has 3 aliphatic carbocycles. The van der Waals surface area contributed by atoms with Gasteiger partial charge in [0, 0.05) is 39.1 Å². The molecule has 1 atom stereocenters. The van der Waals surface area contributed by atoms with Crippen molar-refractivity contribution in [1.29, 1.82) is 0 Å². The summed E-state index contributed by atoms with van der Waals surface area (Å²) in [5, 5.41) is 2.45. The van der Waals surface area contributed by atoms with E-state index in [4.69, 9.17) is 0 Å². The molecule has 0 amide bonds. The topological polar surface area (TPSA) is 6.48 Å². The summed E-state index contributed by atoms with van der Waals surface area (Å²) in [7, 11) is 0. The van der Waals surface area contributed by atoms with Crippen LogP contribution in [0.1, 0.15) is 47.2 Å². The fourth-order valence-electron chi connectivity index (χ4n) is 11.9. The molecule has 10 aromatic rings. The van der Waals surface area contributed by atoms with Crippen LogP contribution in [0.15, 0.2) is 231 Å². The summed E-state index contributed by atoms with van der Waals surface area (Å²) in [5.74, 6) is 0. The van der Waals surface area contributed by atoms with Crippen LogP contribution < -0.4 is 9.80 Å². The predicted molar refractivity (Wildman–Crippen MR) is 267 cm³/mol. The zero-order valence-electron chi connectivity index (χ0n) is 35.8. The first kappa shape index (κ1) is 36.7. The van der Waals surface area contributed by atoms with E-state index >= 15 is 0 Å². The molecule has 0 aliphatic heterocycles. The third-order valence-corrected chi connectivity index (χ3v) is 14.4. The Hall–Kier alpha value is -7.94. The Balaban J connectivity index is 1.13. The van der Waals surface area contributed by atoms with E-state index in [1.165, 1.54) is 88.9 Å². The van der Waals surface area contributed by atoms with Crippen molar-refractivity contribution in [2.45, 2.75) is 24.7 Å². The number of benzene rings is 10. The van der Waals surface area contributed by atoms with Gasteiger partial charge in [-0.05, 0) is 127 Å². The number of anilines is 6. The molecule has 10 aromatic carbocycles. The summed E-state index contributed by atoms with van der Waals surface area (Å²) in [4.78, 5) is 4.98. The zero-order valence-corrected chi connectivity index (χ0v) is 35.8. The molecule has 0 heterocycles. The van der Waals surface area contributed by atoms with Crippen LogP contribution in [0.3, 0.4) is 0 Å². The number of hydrogen-bond donors (Lipinski definition) is 0. The summed E-state index contributed by atoms with van der Waals surface area (Å²) in [5.41, 5.74) is 21.9. The maximum atomic E-state index is 2.60. The van der Waals surface area contributed by atoms with Crippen molar-refractivity contribution in [3.8, 4) is 33.4 Å². The minimum absolute atomic E-state index is 0.225. The molecule has 2 heteroatoms. The van der Waals surface area contributed by atoms with E-state index in [1.54, 1.807) is 0 Å². The van der Waals surface area contributed by atoms with Gasteiger partial charge in [-0.3, -0.25) is 0 Å². The average molecular weight is 817 g/mol. The van der Waals surface area contributed by atoms with E-state index < -0.39 is 5.41 Å². The van der Waals surface area contributed by atoms with Crippen molar-refractivity contribution >= 4 is 44.9 Å². The Morgan fingerprint density at radius 2 is 0.828 bits per heavy atom. The number of fused-ring (bicyclic) bond motifs is 14. The highest BCUT2D eigenvalue weighted by atomic mass is 15.2. The Labute approximate surface area is 375 Å². The van der Waals surface area contributed by atoms with Gasteiger partial charge in [0.15, 0.2) is 0 Å². The molecule has 0 saturated carbocycles. The van der Waals surface area contributed by atoms with Gasteiger partial charge in [-0.2, -0.15) is 0 Å². The highest BCUT2D eigenvalue weighted by molar-refractivity contribution is 6.12. The minimum atomic E-state index is -0.560. The van der Waals surface area contributed by atoms with E-state index in [9.17, 15) is 0 Å². The van der Waals surface area contributed by atoms with Gasteiger partial charge in [0.1, 0.15) is 0 Å². The summed E-state index contributed by atoms with van der Waals surface area (Å²) in [6.45, 7) is 4.80. The van der Waals surface area contributed by atoms with Crippen LogP contribution >= 0.6 is 0 Å². The molecule has 2 nitrogen and oxygen atoms in total. The molecule has 1 unspecified atom stereocenters. The SMILES string of the molecule is CC1(C)c2ccccc2-c2cccc(N(c3ccccc3)c3c4c(cc5ccccc35)C3(c5ccccc5-c5cc(N(c6ccccc6)c6ccccc6)ccc53)c3ccccc3-4)c21. The van der Waals surface area contributed by atoms with Crippen molar-refractivity contribution < 1.29 is 0 Å². The maximum Gasteiger partial charge on any atom is 0.0726 e. The lowest BCUT2D eigenvalue weighted by atomic mass is 9.70. The van der Waals surface area contributed by atoms with E-state index in [1.807, 2.05) is 0 Å². The Kier molecular flexibility index (Phi) is 7.90. The smallest absolute Gasteiger partial charge is 0.0726 e. The molecule has 302 valence electrons. The van der Waals surface area contributed by atoms with E-state index in [-0.39, 0.29) is 5.41 Å². The molecule has 0 aromatic heterocycles. The lowest BCUT2D eigenvalue weighted by Gasteiger charge is -2.35. The Bertz CT molecular complexity index is 3440. The van der Waals surface area contributed by atoms with Gasteiger partial charge in [0.25, 0.3) is 0 Å². The lowest BCUT2D eigenvalue weighted by Crippen LogP contribution is -2.26. The first-order chi connectivity index (χ1) is 31.5. The number of hydrogen-bond acceptors (Lipinski definition) is 2. The zero-order chi connectivity index (χ0) is 42.6. The van der Waals surface area contributed by atoms with Crippen LogP contribution in [-0.2, 0) is 10.8 Å². The van der Waals surface area contributed by atoms with Crippen molar-refractivity contribution in [3.05, 3.63) is 264 Å². The van der Waals surface area contributed by atoms with Crippen molar-refractivity contribution in [1.82, 2.24) is 0 Å². The Morgan fingerprint density at radius 1 is 0.328 bits per heavy atom. The molecule has 3 aliphatic rings.